The average Bonchev–Trinajstić information content (AvgIpc) is 2.82. The molecule has 17 heavy (non-hydrogen) atoms. The maximum atomic E-state index is 11.1. The highest BCUT2D eigenvalue weighted by Gasteiger charge is 2.19. The zero-order valence-electron chi connectivity index (χ0n) is 8.45. The Bertz CT molecular complexity index is 648. The minimum atomic E-state index is -0.980. The third-order valence-corrected chi connectivity index (χ3v) is 1.83. The lowest BCUT2D eigenvalue weighted by molar-refractivity contribution is -0.401. The minimum absolute atomic E-state index is 0.103. The summed E-state index contributed by atoms with van der Waals surface area (Å²) < 4.78 is 9.86. The van der Waals surface area contributed by atoms with E-state index in [4.69, 9.17) is 4.42 Å². The summed E-state index contributed by atoms with van der Waals surface area (Å²) in [6.45, 7) is 1.12. The van der Waals surface area contributed by atoms with E-state index in [0.29, 0.717) is 4.68 Å². The normalized spacial score (nSPS) is 10.4. The zero-order chi connectivity index (χ0) is 12.6. The molecule has 0 atom stereocenters. The summed E-state index contributed by atoms with van der Waals surface area (Å²) in [7, 11) is 0. The number of furan rings is 1. The Kier molecular flexibility index (Phi) is 2.35. The van der Waals surface area contributed by atoms with E-state index in [-0.39, 0.29) is 11.7 Å². The fraction of sp³-hybridized carbons (Fsp3) is 0.125. The molecule has 0 bridgehead atoms. The van der Waals surface area contributed by atoms with Crippen molar-refractivity contribution in [3.63, 3.8) is 0 Å². The second kappa shape index (κ2) is 3.70. The van der Waals surface area contributed by atoms with E-state index in [1.165, 1.54) is 6.07 Å². The Morgan fingerprint density at radius 2 is 2.18 bits per heavy atom. The second-order valence-corrected chi connectivity index (χ2v) is 3.00. The van der Waals surface area contributed by atoms with Crippen molar-refractivity contribution in [2.75, 3.05) is 0 Å². The highest BCUT2D eigenvalue weighted by Crippen LogP contribution is 2.23. The first-order valence-electron chi connectivity index (χ1n) is 4.35. The van der Waals surface area contributed by atoms with Crippen LogP contribution < -0.4 is 5.76 Å². The van der Waals surface area contributed by atoms with Gasteiger partial charge in [-0.3, -0.25) is 14.9 Å². The SMILES string of the molecule is CC(=O)n1nc(-c2ccc([N+](=O)[O-])o2)oc1=O. The van der Waals surface area contributed by atoms with Crippen molar-refractivity contribution < 1.29 is 18.6 Å². The maximum absolute atomic E-state index is 11.1. The van der Waals surface area contributed by atoms with Gasteiger partial charge in [0.05, 0.1) is 6.07 Å². The van der Waals surface area contributed by atoms with Crippen LogP contribution in [0.1, 0.15) is 11.7 Å². The van der Waals surface area contributed by atoms with Crippen LogP contribution in [-0.2, 0) is 0 Å². The first-order valence-corrected chi connectivity index (χ1v) is 4.35. The fourth-order valence-electron chi connectivity index (χ4n) is 1.12. The number of aromatic nitrogens is 2. The molecule has 0 aliphatic carbocycles. The standard InChI is InChI=1S/C8H5N3O6/c1-4(12)10-8(13)17-7(9-10)5-2-3-6(16-5)11(14)15/h2-3H,1H3. The Balaban J connectivity index is 2.46. The van der Waals surface area contributed by atoms with E-state index in [9.17, 15) is 19.7 Å². The molecule has 0 N–H and O–H groups in total. The first-order chi connectivity index (χ1) is 7.99. The molecule has 2 rings (SSSR count). The van der Waals surface area contributed by atoms with Crippen LogP contribution in [0.2, 0.25) is 0 Å². The van der Waals surface area contributed by atoms with Crippen molar-refractivity contribution >= 4 is 11.8 Å². The first kappa shape index (κ1) is 10.8. The van der Waals surface area contributed by atoms with Crippen molar-refractivity contribution in [1.29, 1.82) is 0 Å². The lowest BCUT2D eigenvalue weighted by Crippen LogP contribution is -2.21. The van der Waals surface area contributed by atoms with Crippen LogP contribution >= 0.6 is 0 Å². The molecule has 88 valence electrons. The van der Waals surface area contributed by atoms with Gasteiger partial charge in [-0.1, -0.05) is 0 Å². The van der Waals surface area contributed by atoms with Crippen LogP contribution in [0.5, 0.6) is 0 Å². The van der Waals surface area contributed by atoms with Crippen molar-refractivity contribution in [2.45, 2.75) is 6.92 Å². The lowest BCUT2D eigenvalue weighted by atomic mass is 10.4. The monoisotopic (exact) mass is 239 g/mol. The molecular formula is C8H5N3O6. The number of carbonyl (C=O) groups is 1. The summed E-state index contributed by atoms with van der Waals surface area (Å²) in [4.78, 5) is 31.7. The molecule has 2 aromatic rings. The molecule has 9 nitrogen and oxygen atoms in total. The van der Waals surface area contributed by atoms with E-state index in [1.807, 2.05) is 0 Å². The number of nitrogens with zero attached hydrogens (tertiary/aromatic N) is 3. The highest BCUT2D eigenvalue weighted by atomic mass is 16.6. The summed E-state index contributed by atoms with van der Waals surface area (Å²) in [6, 6.07) is 2.30. The van der Waals surface area contributed by atoms with Gasteiger partial charge in [0.1, 0.15) is 4.92 Å². The van der Waals surface area contributed by atoms with Gasteiger partial charge in [0, 0.05) is 6.92 Å². The summed E-state index contributed by atoms with van der Waals surface area (Å²) in [5.41, 5.74) is 0. The molecule has 0 unspecified atom stereocenters. The number of hydrogen-bond acceptors (Lipinski definition) is 7. The molecule has 0 fully saturated rings. The molecule has 0 saturated carbocycles. The number of hydrogen-bond donors (Lipinski definition) is 0. The zero-order valence-corrected chi connectivity index (χ0v) is 8.45. The van der Waals surface area contributed by atoms with Crippen LogP contribution in [0, 0.1) is 10.1 Å². The lowest BCUT2D eigenvalue weighted by Gasteiger charge is -1.86. The predicted octanol–water partition coefficient (Wildman–Crippen LogP) is 0.665. The molecule has 0 amide bonds. The Morgan fingerprint density at radius 3 is 2.65 bits per heavy atom. The average molecular weight is 239 g/mol. The van der Waals surface area contributed by atoms with Gasteiger partial charge in [0.25, 0.3) is 5.89 Å². The van der Waals surface area contributed by atoms with Crippen molar-refractivity contribution in [1.82, 2.24) is 9.78 Å². The summed E-state index contributed by atoms with van der Waals surface area (Å²) in [5.74, 6) is -2.52. The van der Waals surface area contributed by atoms with Gasteiger partial charge in [-0.05, 0) is 6.07 Å². The van der Waals surface area contributed by atoms with Crippen molar-refractivity contribution in [3.8, 4) is 11.7 Å². The van der Waals surface area contributed by atoms with Gasteiger partial charge < -0.3 is 8.83 Å². The molecule has 0 aromatic carbocycles. The molecular weight excluding hydrogens is 234 g/mol. The summed E-state index contributed by atoms with van der Waals surface area (Å²) in [5, 5.41) is 13.9. The second-order valence-electron chi connectivity index (χ2n) is 3.00. The van der Waals surface area contributed by atoms with E-state index >= 15 is 0 Å². The van der Waals surface area contributed by atoms with Gasteiger partial charge in [-0.25, -0.2) is 4.79 Å². The summed E-state index contributed by atoms with van der Waals surface area (Å²) in [6.07, 6.45) is 0. The van der Waals surface area contributed by atoms with Crippen LogP contribution in [0.4, 0.5) is 5.88 Å². The quantitative estimate of drug-likeness (QED) is 0.557. The van der Waals surface area contributed by atoms with E-state index in [1.54, 1.807) is 0 Å². The summed E-state index contributed by atoms with van der Waals surface area (Å²) >= 11 is 0. The van der Waals surface area contributed by atoms with Gasteiger partial charge >= 0.3 is 11.6 Å². The topological polar surface area (TPSA) is 121 Å². The molecule has 9 heteroatoms. The van der Waals surface area contributed by atoms with E-state index in [0.717, 1.165) is 13.0 Å². The molecule has 0 aliphatic heterocycles. The maximum Gasteiger partial charge on any atom is 0.444 e. The van der Waals surface area contributed by atoms with Crippen molar-refractivity contribution in [2.24, 2.45) is 0 Å². The van der Waals surface area contributed by atoms with E-state index in [2.05, 4.69) is 9.52 Å². The van der Waals surface area contributed by atoms with Crippen LogP contribution in [0.25, 0.3) is 11.7 Å². The molecule has 0 saturated heterocycles. The van der Waals surface area contributed by atoms with Gasteiger partial charge in [-0.2, -0.15) is 0 Å². The highest BCUT2D eigenvalue weighted by molar-refractivity contribution is 5.74. The molecule has 2 heterocycles. The predicted molar refractivity (Wildman–Crippen MR) is 51.4 cm³/mol. The van der Waals surface area contributed by atoms with Crippen molar-refractivity contribution in [3.05, 3.63) is 32.8 Å². The Morgan fingerprint density at radius 1 is 1.47 bits per heavy atom. The fourth-order valence-corrected chi connectivity index (χ4v) is 1.12. The third-order valence-electron chi connectivity index (χ3n) is 1.83. The van der Waals surface area contributed by atoms with Crippen LogP contribution in [0.3, 0.4) is 0 Å². The molecule has 2 aromatic heterocycles. The minimum Gasteiger partial charge on any atom is -0.395 e. The van der Waals surface area contributed by atoms with Gasteiger partial charge in [0.15, 0.2) is 5.76 Å². The third kappa shape index (κ3) is 1.85. The van der Waals surface area contributed by atoms with Gasteiger partial charge in [0.2, 0.25) is 5.91 Å². The van der Waals surface area contributed by atoms with Crippen LogP contribution in [-0.4, -0.2) is 20.6 Å². The van der Waals surface area contributed by atoms with Gasteiger partial charge in [-0.15, -0.1) is 9.78 Å². The molecule has 0 aliphatic rings. The Labute approximate surface area is 92.4 Å². The van der Waals surface area contributed by atoms with E-state index < -0.39 is 22.5 Å². The number of nitro groups is 1. The number of carbonyl (C=O) groups excluding carboxylic acids is 1. The largest absolute Gasteiger partial charge is 0.444 e. The molecule has 0 radical (unpaired) electrons. The smallest absolute Gasteiger partial charge is 0.395 e. The van der Waals surface area contributed by atoms with Crippen LogP contribution in [0.15, 0.2) is 25.8 Å². The Hall–Kier alpha value is -2.71. The number of rotatable bonds is 2. The molecule has 0 spiro atoms.